The molecule has 0 radical (unpaired) electrons. The molecule has 308 valence electrons. The maximum absolute atomic E-state index is 14.4. The van der Waals surface area contributed by atoms with E-state index in [1.807, 2.05) is 50.2 Å². The number of carbonyl (C=O) groups is 4. The van der Waals surface area contributed by atoms with Crippen molar-refractivity contribution < 1.29 is 28.7 Å². The highest BCUT2D eigenvalue weighted by Gasteiger charge is 2.44. The second kappa shape index (κ2) is 15.5. The third-order valence-electron chi connectivity index (χ3n) is 13.7. The summed E-state index contributed by atoms with van der Waals surface area (Å²) in [5.74, 6) is -2.23. The van der Waals surface area contributed by atoms with Gasteiger partial charge in [0.2, 0.25) is 0 Å². The molecule has 0 amide bonds. The third kappa shape index (κ3) is 6.60. The van der Waals surface area contributed by atoms with Gasteiger partial charge in [0, 0.05) is 94.9 Å². The Bertz CT molecular complexity index is 2500. The number of Topliss-reactive ketones (excluding diaryl/α,β-unsaturated/α-hetero) is 2. The van der Waals surface area contributed by atoms with Crippen molar-refractivity contribution in [1.29, 1.82) is 0 Å². The van der Waals surface area contributed by atoms with E-state index in [-0.39, 0.29) is 23.7 Å². The molecule has 6 aromatic rings. The molecule has 0 saturated heterocycles. The van der Waals surface area contributed by atoms with Crippen molar-refractivity contribution in [2.24, 2.45) is 11.8 Å². The average Bonchev–Trinajstić information content (AvgIpc) is 4.11. The Balaban J connectivity index is 0.957. The van der Waals surface area contributed by atoms with E-state index in [1.165, 1.54) is 0 Å². The minimum atomic E-state index is -0.719. The van der Waals surface area contributed by atoms with Gasteiger partial charge in [-0.25, -0.2) is 19.6 Å². The molecule has 10 rings (SSSR count). The lowest BCUT2D eigenvalue weighted by molar-refractivity contribution is -0.147. The standard InChI is InChI=1S/C48H50N6O6/c1-27-35(51-25-49-27)21-29-23-39(45-43(47(29)57)33-15-7-9-17-37(33)53(45)31-11-3-4-12-31)59-41(55)19-20-42(56)60-40-24-30(22-36-28(2)50-26-52-36)48(58)44-34-16-8-10-18-38(34)54(46(40)44)32-13-5-6-14-32/h7-10,15-20,25-26,29-32,39-40H,3-6,11-14,21-24H2,1-2H3,(H,49,51)(H,50,52)/b20-19-. The number of hydrogen-bond acceptors (Lipinski definition) is 8. The van der Waals surface area contributed by atoms with Crippen molar-refractivity contribution in [1.82, 2.24) is 29.1 Å². The number of aromatic nitrogens is 6. The molecule has 4 unspecified atom stereocenters. The summed E-state index contributed by atoms with van der Waals surface area (Å²) in [6.07, 6.45) is 13.9. The monoisotopic (exact) mass is 806 g/mol. The number of ether oxygens (including phenoxy) is 2. The molecule has 4 heterocycles. The highest BCUT2D eigenvalue weighted by atomic mass is 16.5. The SMILES string of the molecule is Cc1[nH]cnc1CC1CC(OC(=O)/C=C\C(=O)OC2CC(Cc3nc[nH]c3C)C(=O)c3c2n(C2CCCC2)c2ccccc32)c2c(c3ccccc3n2C2CCCC2)C1=O. The van der Waals surface area contributed by atoms with Gasteiger partial charge in [-0.05, 0) is 51.7 Å². The van der Waals surface area contributed by atoms with Gasteiger partial charge in [0.25, 0.3) is 0 Å². The summed E-state index contributed by atoms with van der Waals surface area (Å²) in [4.78, 5) is 71.9. The Hall–Kier alpha value is -6.04. The second-order valence-corrected chi connectivity index (χ2v) is 17.3. The number of rotatable bonds is 10. The second-order valence-electron chi connectivity index (χ2n) is 17.3. The minimum absolute atomic E-state index is 0.0351. The first kappa shape index (κ1) is 38.2. The number of fused-ring (bicyclic) bond motifs is 6. The van der Waals surface area contributed by atoms with Crippen molar-refractivity contribution in [2.45, 2.75) is 115 Å². The molecule has 2 aromatic carbocycles. The summed E-state index contributed by atoms with van der Waals surface area (Å²) in [6.45, 7) is 3.88. The van der Waals surface area contributed by atoms with E-state index in [1.54, 1.807) is 12.7 Å². The van der Waals surface area contributed by atoms with Crippen LogP contribution in [0.4, 0.5) is 0 Å². The fourth-order valence-electron chi connectivity index (χ4n) is 10.9. The topological polar surface area (TPSA) is 154 Å². The lowest BCUT2D eigenvalue weighted by atomic mass is 9.80. The van der Waals surface area contributed by atoms with Crippen LogP contribution >= 0.6 is 0 Å². The Labute approximate surface area is 347 Å². The molecular formula is C48H50N6O6. The number of H-pyrrole nitrogens is 2. The maximum Gasteiger partial charge on any atom is 0.331 e. The summed E-state index contributed by atoms with van der Waals surface area (Å²) in [5, 5.41) is 1.74. The number of carbonyl (C=O) groups excluding carboxylic acids is 4. The number of para-hydroxylation sites is 2. The largest absolute Gasteiger partial charge is 0.453 e. The van der Waals surface area contributed by atoms with Crippen molar-refractivity contribution in [3.63, 3.8) is 0 Å². The van der Waals surface area contributed by atoms with Crippen LogP contribution < -0.4 is 0 Å². The molecule has 0 bridgehead atoms. The predicted molar refractivity (Wildman–Crippen MR) is 225 cm³/mol. The van der Waals surface area contributed by atoms with Crippen molar-refractivity contribution in [3.05, 3.63) is 119 Å². The van der Waals surface area contributed by atoms with Gasteiger partial charge in [0.1, 0.15) is 12.2 Å². The normalized spacial score (nSPS) is 22.3. The molecule has 12 nitrogen and oxygen atoms in total. The molecule has 2 fully saturated rings. The van der Waals surface area contributed by atoms with Crippen molar-refractivity contribution in [3.8, 4) is 0 Å². The molecule has 12 heteroatoms. The van der Waals surface area contributed by atoms with Crippen LogP contribution in [0.2, 0.25) is 0 Å². The highest BCUT2D eigenvalue weighted by Crippen LogP contribution is 2.48. The average molecular weight is 807 g/mol. The Kier molecular flexibility index (Phi) is 9.88. The van der Waals surface area contributed by atoms with E-state index in [2.05, 4.69) is 41.2 Å². The molecule has 4 aliphatic carbocycles. The van der Waals surface area contributed by atoms with Crippen molar-refractivity contribution >= 4 is 45.3 Å². The number of ketones is 2. The number of benzene rings is 2. The van der Waals surface area contributed by atoms with Gasteiger partial charge >= 0.3 is 11.9 Å². The Morgan fingerprint density at radius 1 is 0.650 bits per heavy atom. The van der Waals surface area contributed by atoms with E-state index in [0.29, 0.717) is 36.8 Å². The Morgan fingerprint density at radius 2 is 1.05 bits per heavy atom. The molecule has 4 aliphatic rings. The Morgan fingerprint density at radius 3 is 1.43 bits per heavy atom. The fraction of sp³-hybridized carbons (Fsp3) is 0.417. The van der Waals surface area contributed by atoms with E-state index in [4.69, 9.17) is 9.47 Å². The van der Waals surface area contributed by atoms with Crippen LogP contribution in [0.25, 0.3) is 21.8 Å². The molecule has 4 atom stereocenters. The number of nitrogens with one attached hydrogen (secondary N) is 2. The zero-order valence-electron chi connectivity index (χ0n) is 34.1. The van der Waals surface area contributed by atoms with Gasteiger partial charge in [-0.15, -0.1) is 0 Å². The van der Waals surface area contributed by atoms with Crippen LogP contribution in [0.3, 0.4) is 0 Å². The number of imidazole rings is 2. The predicted octanol–water partition coefficient (Wildman–Crippen LogP) is 9.20. The molecule has 0 spiro atoms. The lowest BCUT2D eigenvalue weighted by Crippen LogP contribution is -2.31. The van der Waals surface area contributed by atoms with Crippen LogP contribution in [0.1, 0.15) is 143 Å². The first-order valence-corrected chi connectivity index (χ1v) is 21.7. The number of nitrogens with zero attached hydrogens (tertiary/aromatic N) is 4. The lowest BCUT2D eigenvalue weighted by Gasteiger charge is -2.31. The van der Waals surface area contributed by atoms with Gasteiger partial charge in [-0.2, -0.15) is 0 Å². The fourth-order valence-corrected chi connectivity index (χ4v) is 10.9. The van der Waals surface area contributed by atoms with E-state index in [9.17, 15) is 19.2 Å². The van der Waals surface area contributed by atoms with E-state index in [0.717, 1.165) is 119 Å². The summed E-state index contributed by atoms with van der Waals surface area (Å²) >= 11 is 0. The minimum Gasteiger partial charge on any atom is -0.453 e. The van der Waals surface area contributed by atoms with Gasteiger partial charge in [-0.3, -0.25) is 9.59 Å². The van der Waals surface area contributed by atoms with Gasteiger partial charge in [0.15, 0.2) is 11.6 Å². The van der Waals surface area contributed by atoms with Crippen LogP contribution in [0.5, 0.6) is 0 Å². The van der Waals surface area contributed by atoms with Crippen LogP contribution in [0, 0.1) is 25.7 Å². The molecule has 60 heavy (non-hydrogen) atoms. The summed E-state index contributed by atoms with van der Waals surface area (Å²) < 4.78 is 17.1. The van der Waals surface area contributed by atoms with Gasteiger partial charge in [0.05, 0.1) is 46.6 Å². The number of hydrogen-bond donors (Lipinski definition) is 2. The first-order chi connectivity index (χ1) is 29.2. The third-order valence-corrected chi connectivity index (χ3v) is 13.7. The van der Waals surface area contributed by atoms with E-state index < -0.39 is 36.0 Å². The van der Waals surface area contributed by atoms with Gasteiger partial charge < -0.3 is 28.6 Å². The number of aromatic amines is 2. The first-order valence-electron chi connectivity index (χ1n) is 21.7. The van der Waals surface area contributed by atoms with Gasteiger partial charge in [-0.1, -0.05) is 62.1 Å². The summed E-state index contributed by atoms with van der Waals surface area (Å²) in [6, 6.07) is 16.3. The van der Waals surface area contributed by atoms with Crippen LogP contribution in [-0.4, -0.2) is 52.6 Å². The zero-order valence-corrected chi connectivity index (χ0v) is 34.1. The number of aryl methyl sites for hydroxylation is 2. The molecule has 2 N–H and O–H groups in total. The van der Waals surface area contributed by atoms with Crippen LogP contribution in [0.15, 0.2) is 73.3 Å². The summed E-state index contributed by atoms with van der Waals surface area (Å²) in [5.41, 5.74) is 8.08. The highest BCUT2D eigenvalue weighted by molar-refractivity contribution is 6.13. The molecule has 0 aliphatic heterocycles. The van der Waals surface area contributed by atoms with E-state index >= 15 is 0 Å². The summed E-state index contributed by atoms with van der Waals surface area (Å²) in [7, 11) is 0. The quantitative estimate of drug-likeness (QED) is 0.103. The molecule has 2 saturated carbocycles. The maximum atomic E-state index is 14.4. The number of esters is 2. The molecule has 4 aromatic heterocycles. The molecular weight excluding hydrogens is 757 g/mol. The van der Waals surface area contributed by atoms with Crippen LogP contribution in [-0.2, 0) is 31.9 Å². The van der Waals surface area contributed by atoms with Crippen molar-refractivity contribution in [2.75, 3.05) is 0 Å². The zero-order chi connectivity index (χ0) is 41.1. The smallest absolute Gasteiger partial charge is 0.331 e.